The Balaban J connectivity index is 1.49. The van der Waals surface area contributed by atoms with Crippen LogP contribution in [0.4, 0.5) is 5.82 Å². The van der Waals surface area contributed by atoms with E-state index in [2.05, 4.69) is 34.6 Å². The van der Waals surface area contributed by atoms with Gasteiger partial charge in [-0.2, -0.15) is 5.10 Å². The molecule has 0 atom stereocenters. The van der Waals surface area contributed by atoms with Gasteiger partial charge in [0.15, 0.2) is 11.5 Å². The van der Waals surface area contributed by atoms with Gasteiger partial charge in [-0.3, -0.25) is 9.48 Å². The van der Waals surface area contributed by atoms with Crippen LogP contribution in [0, 0.1) is 34.6 Å². The van der Waals surface area contributed by atoms with E-state index < -0.39 is 0 Å². The molecule has 2 aromatic heterocycles. The van der Waals surface area contributed by atoms with Gasteiger partial charge in [-0.05, 0) is 56.9 Å². The number of nitrogens with zero attached hydrogens (tertiary/aromatic N) is 3. The lowest BCUT2D eigenvalue weighted by molar-refractivity contribution is 0.101. The van der Waals surface area contributed by atoms with Crippen molar-refractivity contribution < 1.29 is 14.1 Å². The molecule has 0 spiro atoms. The Morgan fingerprint density at radius 3 is 2.42 bits per heavy atom. The number of hydrogen-bond acceptors (Lipinski definition) is 5. The second-order valence-electron chi connectivity index (χ2n) is 8.28. The molecule has 170 valence electrons. The van der Waals surface area contributed by atoms with Gasteiger partial charge in [-0.1, -0.05) is 47.6 Å². The minimum atomic E-state index is -0.382. The number of aryl methyl sites for hydroxylation is 5. The number of nitrogens with one attached hydrogen (secondary N) is 1. The second kappa shape index (κ2) is 9.32. The summed E-state index contributed by atoms with van der Waals surface area (Å²) in [5.74, 6) is 1.43. The minimum Gasteiger partial charge on any atom is -0.488 e. The van der Waals surface area contributed by atoms with Crippen molar-refractivity contribution >= 4 is 11.7 Å². The number of rotatable bonds is 7. The highest BCUT2D eigenvalue weighted by Gasteiger charge is 2.22. The van der Waals surface area contributed by atoms with Gasteiger partial charge in [-0.25, -0.2) is 0 Å². The summed E-state index contributed by atoms with van der Waals surface area (Å²) < 4.78 is 13.2. The van der Waals surface area contributed by atoms with Crippen LogP contribution in [0.3, 0.4) is 0 Å². The van der Waals surface area contributed by atoms with Crippen molar-refractivity contribution in [2.75, 3.05) is 5.32 Å². The van der Waals surface area contributed by atoms with Gasteiger partial charge in [0.05, 0.1) is 12.1 Å². The fourth-order valence-electron chi connectivity index (χ4n) is 3.77. The topological polar surface area (TPSA) is 82.2 Å². The number of anilines is 1. The molecule has 0 aliphatic heterocycles. The molecule has 0 fully saturated rings. The average Bonchev–Trinajstić information content (AvgIpc) is 3.31. The summed E-state index contributed by atoms with van der Waals surface area (Å²) in [6, 6.07) is 16.0. The van der Waals surface area contributed by atoms with E-state index in [1.165, 1.54) is 11.1 Å². The average molecular weight is 445 g/mol. The molecule has 0 unspecified atom stereocenters. The Labute approximate surface area is 193 Å². The van der Waals surface area contributed by atoms with Crippen LogP contribution in [0.2, 0.25) is 0 Å². The quantitative estimate of drug-likeness (QED) is 0.419. The highest BCUT2D eigenvalue weighted by molar-refractivity contribution is 6.03. The van der Waals surface area contributed by atoms with Gasteiger partial charge < -0.3 is 14.6 Å². The molecule has 1 N–H and O–H groups in total. The van der Waals surface area contributed by atoms with Crippen LogP contribution >= 0.6 is 0 Å². The number of carbonyl (C=O) groups is 1. The second-order valence-corrected chi connectivity index (χ2v) is 8.28. The van der Waals surface area contributed by atoms with Crippen LogP contribution in [0.1, 0.15) is 49.8 Å². The van der Waals surface area contributed by atoms with Gasteiger partial charge in [-0.15, -0.1) is 0 Å². The summed E-state index contributed by atoms with van der Waals surface area (Å²) >= 11 is 0. The molecule has 0 radical (unpaired) electrons. The zero-order chi connectivity index (χ0) is 23.5. The summed E-state index contributed by atoms with van der Waals surface area (Å²) in [6.45, 7) is 10.6. The van der Waals surface area contributed by atoms with Crippen molar-refractivity contribution in [2.45, 2.75) is 47.8 Å². The van der Waals surface area contributed by atoms with E-state index in [9.17, 15) is 4.79 Å². The number of ether oxygens (including phenoxy) is 1. The molecule has 1 amide bonds. The Morgan fingerprint density at radius 2 is 1.70 bits per heavy atom. The van der Waals surface area contributed by atoms with E-state index in [4.69, 9.17) is 9.26 Å². The predicted molar refractivity (Wildman–Crippen MR) is 127 cm³/mol. The highest BCUT2D eigenvalue weighted by atomic mass is 16.5. The van der Waals surface area contributed by atoms with Crippen molar-refractivity contribution in [1.29, 1.82) is 0 Å². The largest absolute Gasteiger partial charge is 0.488 e. The van der Waals surface area contributed by atoms with Crippen molar-refractivity contribution in [3.8, 4) is 5.75 Å². The van der Waals surface area contributed by atoms with Gasteiger partial charge in [0, 0.05) is 11.8 Å². The summed E-state index contributed by atoms with van der Waals surface area (Å²) in [7, 11) is 0. The third kappa shape index (κ3) is 4.82. The van der Waals surface area contributed by atoms with Crippen LogP contribution in [-0.2, 0) is 13.2 Å². The molecule has 2 heterocycles. The fourth-order valence-corrected chi connectivity index (χ4v) is 3.77. The van der Waals surface area contributed by atoms with Crippen molar-refractivity contribution in [1.82, 2.24) is 14.9 Å². The molecule has 4 aromatic rings. The Hall–Kier alpha value is -3.87. The molecular weight excluding hydrogens is 416 g/mol. The van der Waals surface area contributed by atoms with Crippen LogP contribution in [0.5, 0.6) is 5.75 Å². The third-order valence-corrected chi connectivity index (χ3v) is 5.77. The molecule has 0 bridgehead atoms. The first-order valence-electron chi connectivity index (χ1n) is 10.9. The molecule has 0 aliphatic carbocycles. The molecule has 0 saturated carbocycles. The first kappa shape index (κ1) is 22.3. The van der Waals surface area contributed by atoms with Crippen molar-refractivity contribution in [3.63, 3.8) is 0 Å². The van der Waals surface area contributed by atoms with Crippen LogP contribution in [-0.4, -0.2) is 20.8 Å². The normalized spacial score (nSPS) is 10.9. The first-order valence-corrected chi connectivity index (χ1v) is 10.9. The van der Waals surface area contributed by atoms with Gasteiger partial charge in [0.1, 0.15) is 18.1 Å². The number of amides is 1. The molecule has 0 aliphatic rings. The minimum absolute atomic E-state index is 0.185. The van der Waals surface area contributed by atoms with Crippen LogP contribution in [0.25, 0.3) is 0 Å². The predicted octanol–water partition coefficient (Wildman–Crippen LogP) is 5.29. The Kier molecular flexibility index (Phi) is 6.31. The SMILES string of the molecule is Cc1ccccc1Cn1nc(NC(=O)c2noc(C)c2COc2c(C)cccc2C)cc1C. The number of aromatic nitrogens is 3. The summed E-state index contributed by atoms with van der Waals surface area (Å²) in [4.78, 5) is 13.0. The zero-order valence-electron chi connectivity index (χ0n) is 19.6. The van der Waals surface area contributed by atoms with Gasteiger partial charge in [0.2, 0.25) is 0 Å². The third-order valence-electron chi connectivity index (χ3n) is 5.77. The maximum absolute atomic E-state index is 13.0. The standard InChI is InChI=1S/C26H28N4O3/c1-16-9-6-7-12-21(16)14-30-19(4)13-23(28-30)27-26(31)24-22(20(5)33-29-24)15-32-25-17(2)10-8-11-18(25)3/h6-13H,14-15H2,1-5H3,(H,27,28,31). The van der Waals surface area contributed by atoms with Crippen LogP contribution < -0.4 is 10.1 Å². The van der Waals surface area contributed by atoms with E-state index in [0.717, 1.165) is 22.6 Å². The monoisotopic (exact) mass is 444 g/mol. The van der Waals surface area contributed by atoms with Crippen molar-refractivity contribution in [3.05, 3.63) is 93.5 Å². The molecular formula is C26H28N4O3. The van der Waals surface area contributed by atoms with Gasteiger partial charge >= 0.3 is 0 Å². The number of para-hydroxylation sites is 1. The summed E-state index contributed by atoms with van der Waals surface area (Å²) in [6.07, 6.45) is 0. The molecule has 2 aromatic carbocycles. The van der Waals surface area contributed by atoms with E-state index >= 15 is 0 Å². The molecule has 7 heteroatoms. The lowest BCUT2D eigenvalue weighted by Crippen LogP contribution is -2.16. The lowest BCUT2D eigenvalue weighted by Gasteiger charge is -2.12. The zero-order valence-corrected chi connectivity index (χ0v) is 19.6. The maximum Gasteiger partial charge on any atom is 0.279 e. The lowest BCUT2D eigenvalue weighted by atomic mass is 10.1. The fraction of sp³-hybridized carbons (Fsp3) is 0.269. The van der Waals surface area contributed by atoms with Gasteiger partial charge in [0.25, 0.3) is 5.91 Å². The molecule has 4 rings (SSSR count). The number of benzene rings is 2. The molecule has 33 heavy (non-hydrogen) atoms. The van der Waals surface area contributed by atoms with Crippen LogP contribution in [0.15, 0.2) is 53.1 Å². The maximum atomic E-state index is 13.0. The van der Waals surface area contributed by atoms with Crippen molar-refractivity contribution in [2.24, 2.45) is 0 Å². The smallest absolute Gasteiger partial charge is 0.279 e. The van der Waals surface area contributed by atoms with E-state index in [-0.39, 0.29) is 18.2 Å². The number of carbonyl (C=O) groups excluding carboxylic acids is 1. The number of hydrogen-bond donors (Lipinski definition) is 1. The van der Waals surface area contributed by atoms with E-state index in [1.807, 2.05) is 61.9 Å². The van der Waals surface area contributed by atoms with E-state index in [0.29, 0.717) is 23.7 Å². The summed E-state index contributed by atoms with van der Waals surface area (Å²) in [5.41, 5.74) is 6.21. The first-order chi connectivity index (χ1) is 15.8. The van der Waals surface area contributed by atoms with E-state index in [1.54, 1.807) is 6.92 Å². The Morgan fingerprint density at radius 1 is 1.00 bits per heavy atom. The Bertz CT molecular complexity index is 1280. The highest BCUT2D eigenvalue weighted by Crippen LogP contribution is 2.25. The molecule has 7 nitrogen and oxygen atoms in total. The summed E-state index contributed by atoms with van der Waals surface area (Å²) in [5, 5.41) is 11.4. The molecule has 0 saturated heterocycles.